The summed E-state index contributed by atoms with van der Waals surface area (Å²) in [6.45, 7) is 1.80. The number of aryl methyl sites for hydroxylation is 1. The highest BCUT2D eigenvalue weighted by atomic mass is 16.6. The highest BCUT2D eigenvalue weighted by Gasteiger charge is 2.52. The van der Waals surface area contributed by atoms with Gasteiger partial charge in [-0.15, -0.1) is 0 Å². The van der Waals surface area contributed by atoms with Crippen LogP contribution in [0.15, 0.2) is 102 Å². The Labute approximate surface area is 208 Å². The molecule has 0 bridgehead atoms. The number of hydrogen-bond acceptors (Lipinski definition) is 6. The standard InChI is InChI=1S/C29H26N2O5/c1-19-17-31-27-25(36-28(31)30-26(19)33)24(32)23(35-27)18-34-29(20-11-5-2-6-12-20,21-13-7-3-8-14-21)22-15-9-4-10-16-22/h2-17,23-25,27,32H,18H2,1H3/t23-,24-,25?,27-/m1/s1. The molecule has 3 heterocycles. The summed E-state index contributed by atoms with van der Waals surface area (Å²) in [6, 6.07) is 30.3. The molecule has 7 nitrogen and oxygen atoms in total. The Balaban J connectivity index is 1.36. The molecular weight excluding hydrogens is 456 g/mol. The number of benzene rings is 3. The molecule has 6 rings (SSSR count). The summed E-state index contributed by atoms with van der Waals surface area (Å²) in [5.41, 5.74) is 2.11. The van der Waals surface area contributed by atoms with Gasteiger partial charge in [-0.2, -0.15) is 4.98 Å². The number of ether oxygens (including phenoxy) is 3. The van der Waals surface area contributed by atoms with Crippen LogP contribution in [0.4, 0.5) is 0 Å². The van der Waals surface area contributed by atoms with Crippen molar-refractivity contribution in [2.45, 2.75) is 37.1 Å². The minimum absolute atomic E-state index is 0.109. The number of hydrogen-bond donors (Lipinski definition) is 1. The first kappa shape index (κ1) is 22.7. The van der Waals surface area contributed by atoms with Gasteiger partial charge in [0, 0.05) is 11.8 Å². The molecule has 4 aromatic rings. The van der Waals surface area contributed by atoms with Gasteiger partial charge < -0.3 is 19.3 Å². The third kappa shape index (κ3) is 3.64. The molecule has 2 aliphatic heterocycles. The molecule has 2 aliphatic rings. The fourth-order valence-electron chi connectivity index (χ4n) is 5.13. The summed E-state index contributed by atoms with van der Waals surface area (Å²) in [7, 11) is 0. The van der Waals surface area contributed by atoms with Crippen LogP contribution in [-0.4, -0.2) is 39.6 Å². The zero-order valence-corrected chi connectivity index (χ0v) is 19.7. The van der Waals surface area contributed by atoms with Crippen molar-refractivity contribution in [3.05, 3.63) is 130 Å². The Morgan fingerprint density at radius 3 is 1.97 bits per heavy atom. The molecule has 7 heteroatoms. The lowest BCUT2D eigenvalue weighted by molar-refractivity contribution is -0.0936. The topological polar surface area (TPSA) is 82.8 Å². The molecule has 0 spiro atoms. The first-order chi connectivity index (χ1) is 17.6. The van der Waals surface area contributed by atoms with E-state index in [1.807, 2.05) is 91.0 Å². The molecule has 1 fully saturated rings. The van der Waals surface area contributed by atoms with Gasteiger partial charge in [0.05, 0.1) is 6.61 Å². The first-order valence-electron chi connectivity index (χ1n) is 12.0. The van der Waals surface area contributed by atoms with Crippen molar-refractivity contribution in [3.8, 4) is 6.01 Å². The second kappa shape index (κ2) is 9.02. The van der Waals surface area contributed by atoms with Crippen LogP contribution < -0.4 is 10.3 Å². The number of aliphatic hydroxyl groups is 1. The molecule has 1 N–H and O–H groups in total. The summed E-state index contributed by atoms with van der Waals surface area (Å²) in [5.74, 6) is 0. The van der Waals surface area contributed by atoms with Crippen molar-refractivity contribution in [2.75, 3.05) is 6.61 Å². The van der Waals surface area contributed by atoms with Gasteiger partial charge in [0.2, 0.25) is 0 Å². The Bertz CT molecular complexity index is 1310. The van der Waals surface area contributed by atoms with Gasteiger partial charge in [0.25, 0.3) is 5.56 Å². The Morgan fingerprint density at radius 1 is 0.917 bits per heavy atom. The molecule has 4 atom stereocenters. The van der Waals surface area contributed by atoms with Crippen molar-refractivity contribution in [1.82, 2.24) is 9.55 Å². The van der Waals surface area contributed by atoms with Gasteiger partial charge in [0.1, 0.15) is 17.8 Å². The summed E-state index contributed by atoms with van der Waals surface area (Å²) >= 11 is 0. The quantitative estimate of drug-likeness (QED) is 0.423. The number of fused-ring (bicyclic) bond motifs is 3. The van der Waals surface area contributed by atoms with E-state index in [4.69, 9.17) is 14.2 Å². The Morgan fingerprint density at radius 2 is 1.44 bits per heavy atom. The predicted octanol–water partition coefficient (Wildman–Crippen LogP) is 3.58. The maximum Gasteiger partial charge on any atom is 0.302 e. The second-order valence-corrected chi connectivity index (χ2v) is 9.15. The van der Waals surface area contributed by atoms with E-state index < -0.39 is 30.1 Å². The molecule has 182 valence electrons. The minimum Gasteiger partial charge on any atom is -0.453 e. The van der Waals surface area contributed by atoms with Crippen LogP contribution >= 0.6 is 0 Å². The van der Waals surface area contributed by atoms with E-state index >= 15 is 0 Å². The zero-order chi connectivity index (χ0) is 24.7. The molecule has 1 saturated heterocycles. The smallest absolute Gasteiger partial charge is 0.302 e. The maximum atomic E-state index is 11.9. The number of aromatic nitrogens is 2. The van der Waals surface area contributed by atoms with Crippen LogP contribution in [0.1, 0.15) is 28.5 Å². The average Bonchev–Trinajstić information content (AvgIpc) is 3.42. The fourth-order valence-corrected chi connectivity index (χ4v) is 5.13. The van der Waals surface area contributed by atoms with E-state index in [0.29, 0.717) is 5.56 Å². The molecule has 0 aliphatic carbocycles. The Kier molecular flexibility index (Phi) is 5.68. The van der Waals surface area contributed by atoms with Crippen LogP contribution in [0.3, 0.4) is 0 Å². The van der Waals surface area contributed by atoms with E-state index in [1.54, 1.807) is 17.7 Å². The van der Waals surface area contributed by atoms with Crippen LogP contribution in [0.5, 0.6) is 6.01 Å². The van der Waals surface area contributed by atoms with Crippen molar-refractivity contribution in [2.24, 2.45) is 0 Å². The summed E-state index contributed by atoms with van der Waals surface area (Å²) in [4.78, 5) is 15.9. The van der Waals surface area contributed by atoms with Crippen molar-refractivity contribution in [3.63, 3.8) is 0 Å². The largest absolute Gasteiger partial charge is 0.453 e. The second-order valence-electron chi connectivity index (χ2n) is 9.15. The molecule has 36 heavy (non-hydrogen) atoms. The molecular formula is C29H26N2O5. The van der Waals surface area contributed by atoms with Crippen LogP contribution in [-0.2, 0) is 15.1 Å². The fraction of sp³-hybridized carbons (Fsp3) is 0.241. The number of nitrogens with zero attached hydrogens (tertiary/aromatic N) is 2. The van der Waals surface area contributed by atoms with Gasteiger partial charge in [-0.05, 0) is 23.6 Å². The predicted molar refractivity (Wildman–Crippen MR) is 133 cm³/mol. The van der Waals surface area contributed by atoms with Crippen molar-refractivity contribution in [1.29, 1.82) is 0 Å². The molecule has 0 radical (unpaired) electrons. The van der Waals surface area contributed by atoms with Gasteiger partial charge in [0.15, 0.2) is 12.3 Å². The maximum absolute atomic E-state index is 11.9. The lowest BCUT2D eigenvalue weighted by Crippen LogP contribution is -2.40. The number of aliphatic hydroxyl groups excluding tert-OH is 1. The lowest BCUT2D eigenvalue weighted by Gasteiger charge is -2.37. The van der Waals surface area contributed by atoms with Gasteiger partial charge >= 0.3 is 6.01 Å². The molecule has 3 aromatic carbocycles. The van der Waals surface area contributed by atoms with Crippen LogP contribution in [0, 0.1) is 6.92 Å². The highest BCUT2D eigenvalue weighted by Crippen LogP contribution is 2.43. The lowest BCUT2D eigenvalue weighted by atomic mass is 9.80. The van der Waals surface area contributed by atoms with E-state index in [0.717, 1.165) is 16.7 Å². The first-order valence-corrected chi connectivity index (χ1v) is 12.0. The monoisotopic (exact) mass is 482 g/mol. The van der Waals surface area contributed by atoms with Crippen LogP contribution in [0.25, 0.3) is 0 Å². The van der Waals surface area contributed by atoms with Gasteiger partial charge in [-0.1, -0.05) is 91.0 Å². The third-order valence-corrected chi connectivity index (χ3v) is 6.92. The molecule has 0 saturated carbocycles. The van der Waals surface area contributed by atoms with E-state index in [2.05, 4.69) is 4.98 Å². The third-order valence-electron chi connectivity index (χ3n) is 6.92. The summed E-state index contributed by atoms with van der Waals surface area (Å²) in [6.07, 6.45) is -1.22. The van der Waals surface area contributed by atoms with E-state index in [9.17, 15) is 9.90 Å². The van der Waals surface area contributed by atoms with E-state index in [-0.39, 0.29) is 18.2 Å². The summed E-state index contributed by atoms with van der Waals surface area (Å²) < 4.78 is 20.6. The minimum atomic E-state index is -0.966. The zero-order valence-electron chi connectivity index (χ0n) is 19.7. The highest BCUT2D eigenvalue weighted by molar-refractivity contribution is 5.47. The van der Waals surface area contributed by atoms with Crippen molar-refractivity contribution < 1.29 is 19.3 Å². The molecule has 0 amide bonds. The van der Waals surface area contributed by atoms with Crippen LogP contribution in [0.2, 0.25) is 0 Å². The molecule has 1 unspecified atom stereocenters. The normalized spacial score (nSPS) is 22.6. The molecule has 1 aromatic heterocycles. The SMILES string of the molecule is Cc1cn2c(nc1=O)OC1[C@H]2O[C@H](COC(c2ccccc2)(c2ccccc2)c2ccccc2)[C@H]1O. The average molecular weight is 483 g/mol. The van der Waals surface area contributed by atoms with E-state index in [1.165, 1.54) is 0 Å². The van der Waals surface area contributed by atoms with Gasteiger partial charge in [-0.25, -0.2) is 0 Å². The summed E-state index contributed by atoms with van der Waals surface area (Å²) in [5, 5.41) is 11.1. The van der Waals surface area contributed by atoms with Crippen molar-refractivity contribution >= 4 is 0 Å². The Hall–Kier alpha value is -3.78. The number of rotatable bonds is 6. The van der Waals surface area contributed by atoms with Gasteiger partial charge in [-0.3, -0.25) is 9.36 Å².